The van der Waals surface area contributed by atoms with E-state index in [4.69, 9.17) is 0 Å². The second-order valence-corrected chi connectivity index (χ2v) is 5.16. The van der Waals surface area contributed by atoms with Crippen molar-refractivity contribution in [2.24, 2.45) is 5.92 Å². The molecule has 0 aromatic heterocycles. The van der Waals surface area contributed by atoms with E-state index in [0.29, 0.717) is 0 Å². The Kier molecular flexibility index (Phi) is 5.23. The van der Waals surface area contributed by atoms with Crippen LogP contribution in [0.2, 0.25) is 0 Å². The molecule has 2 unspecified atom stereocenters. The van der Waals surface area contributed by atoms with Crippen molar-refractivity contribution in [3.05, 3.63) is 0 Å². The van der Waals surface area contributed by atoms with E-state index in [0.717, 1.165) is 4.90 Å². The molecule has 2 aliphatic heterocycles. The molecule has 9 heteroatoms. The predicted molar refractivity (Wildman–Crippen MR) is 64.0 cm³/mol. The number of alkyl halides is 5. The summed E-state index contributed by atoms with van der Waals surface area (Å²) < 4.78 is 63.8. The highest BCUT2D eigenvalue weighted by Crippen LogP contribution is 2.34. The standard InChI is InChI=1S/C11H15F5N2O.ClH/c12-10(13)4-8(17-6-10)9(19)18-3-1-2-7(5-18)11(14,15)16;/h7-8,17H,1-6H2;1H. The number of hydrogen-bond donors (Lipinski definition) is 1. The molecule has 118 valence electrons. The lowest BCUT2D eigenvalue weighted by Crippen LogP contribution is -2.50. The number of amides is 1. The van der Waals surface area contributed by atoms with E-state index in [2.05, 4.69) is 5.32 Å². The topological polar surface area (TPSA) is 32.3 Å². The summed E-state index contributed by atoms with van der Waals surface area (Å²) in [7, 11) is 0. The van der Waals surface area contributed by atoms with Gasteiger partial charge in [-0.05, 0) is 12.8 Å². The first-order chi connectivity index (χ1) is 8.69. The maximum absolute atomic E-state index is 13.0. The van der Waals surface area contributed by atoms with Crippen LogP contribution in [0.3, 0.4) is 0 Å². The Morgan fingerprint density at radius 3 is 2.45 bits per heavy atom. The molecule has 1 N–H and O–H groups in total. The molecule has 2 rings (SSSR count). The molecule has 0 spiro atoms. The lowest BCUT2D eigenvalue weighted by molar-refractivity contribution is -0.188. The van der Waals surface area contributed by atoms with Gasteiger partial charge in [0.2, 0.25) is 5.91 Å². The Labute approximate surface area is 119 Å². The third kappa shape index (κ3) is 3.94. The number of likely N-dealkylation sites (tertiary alicyclic amines) is 1. The summed E-state index contributed by atoms with van der Waals surface area (Å²) in [5.41, 5.74) is 0. The van der Waals surface area contributed by atoms with Crippen molar-refractivity contribution in [2.75, 3.05) is 19.6 Å². The number of carbonyl (C=O) groups excluding carboxylic acids is 1. The second-order valence-electron chi connectivity index (χ2n) is 5.16. The van der Waals surface area contributed by atoms with Gasteiger partial charge in [-0.3, -0.25) is 10.1 Å². The summed E-state index contributed by atoms with van der Waals surface area (Å²) in [6.07, 6.45) is -4.74. The van der Waals surface area contributed by atoms with Crippen LogP contribution in [0.15, 0.2) is 0 Å². The molecule has 0 bridgehead atoms. The minimum Gasteiger partial charge on any atom is -0.341 e. The van der Waals surface area contributed by atoms with Crippen LogP contribution in [0.1, 0.15) is 19.3 Å². The minimum absolute atomic E-state index is 0. The predicted octanol–water partition coefficient (Wildman–Crippen LogP) is 2.21. The van der Waals surface area contributed by atoms with Gasteiger partial charge in [0.05, 0.1) is 18.5 Å². The molecule has 2 aliphatic rings. The Morgan fingerprint density at radius 2 is 1.95 bits per heavy atom. The molecular formula is C11H16ClF5N2O. The molecule has 2 atom stereocenters. The molecule has 0 saturated carbocycles. The Hall–Kier alpha value is -0.630. The SMILES string of the molecule is Cl.O=C(C1CC(F)(F)CN1)N1CCCC(C(F)(F)F)C1. The number of piperidine rings is 1. The zero-order chi connectivity index (χ0) is 14.3. The smallest absolute Gasteiger partial charge is 0.341 e. The van der Waals surface area contributed by atoms with Gasteiger partial charge in [0.15, 0.2) is 0 Å². The van der Waals surface area contributed by atoms with Crippen molar-refractivity contribution in [3.63, 3.8) is 0 Å². The van der Waals surface area contributed by atoms with Crippen LogP contribution < -0.4 is 5.32 Å². The summed E-state index contributed by atoms with van der Waals surface area (Å²) in [5, 5.41) is 2.38. The number of nitrogens with one attached hydrogen (secondary N) is 1. The van der Waals surface area contributed by atoms with E-state index in [1.807, 2.05) is 0 Å². The lowest BCUT2D eigenvalue weighted by atomic mass is 9.96. The minimum atomic E-state index is -4.34. The van der Waals surface area contributed by atoms with Crippen LogP contribution in [-0.2, 0) is 4.79 Å². The normalized spacial score (nSPS) is 29.9. The maximum atomic E-state index is 13.0. The largest absolute Gasteiger partial charge is 0.393 e. The highest BCUT2D eigenvalue weighted by Gasteiger charge is 2.46. The first-order valence-corrected chi connectivity index (χ1v) is 6.16. The summed E-state index contributed by atoms with van der Waals surface area (Å²) in [6.45, 7) is -0.818. The molecule has 2 heterocycles. The van der Waals surface area contributed by atoms with E-state index in [1.165, 1.54) is 0 Å². The fourth-order valence-corrected chi connectivity index (χ4v) is 2.55. The fraction of sp³-hybridized carbons (Fsp3) is 0.909. The van der Waals surface area contributed by atoms with Gasteiger partial charge in [-0.2, -0.15) is 13.2 Å². The van der Waals surface area contributed by atoms with Crippen LogP contribution in [-0.4, -0.2) is 48.6 Å². The number of rotatable bonds is 1. The first kappa shape index (κ1) is 17.4. The molecule has 1 amide bonds. The number of nitrogens with zero attached hydrogens (tertiary/aromatic N) is 1. The van der Waals surface area contributed by atoms with E-state index in [1.54, 1.807) is 0 Å². The summed E-state index contributed by atoms with van der Waals surface area (Å²) in [4.78, 5) is 13.0. The van der Waals surface area contributed by atoms with Gasteiger partial charge in [-0.1, -0.05) is 0 Å². The highest BCUT2D eigenvalue weighted by atomic mass is 35.5. The fourth-order valence-electron chi connectivity index (χ4n) is 2.55. The van der Waals surface area contributed by atoms with Crippen LogP contribution in [0, 0.1) is 5.92 Å². The average Bonchev–Trinajstić information content (AvgIpc) is 2.68. The third-order valence-electron chi connectivity index (χ3n) is 3.60. The third-order valence-corrected chi connectivity index (χ3v) is 3.60. The van der Waals surface area contributed by atoms with Crippen molar-refractivity contribution in [2.45, 2.75) is 37.4 Å². The number of halogens is 6. The molecule has 0 radical (unpaired) electrons. The lowest BCUT2D eigenvalue weighted by Gasteiger charge is -2.35. The first-order valence-electron chi connectivity index (χ1n) is 6.16. The molecule has 2 fully saturated rings. The van der Waals surface area contributed by atoms with Crippen molar-refractivity contribution in [1.29, 1.82) is 0 Å². The zero-order valence-corrected chi connectivity index (χ0v) is 11.4. The van der Waals surface area contributed by atoms with Gasteiger partial charge in [0.25, 0.3) is 5.92 Å². The molecule has 0 aromatic rings. The van der Waals surface area contributed by atoms with E-state index in [-0.39, 0.29) is 31.8 Å². The van der Waals surface area contributed by atoms with Crippen LogP contribution in [0.4, 0.5) is 22.0 Å². The number of hydrogen-bond acceptors (Lipinski definition) is 2. The molecule has 0 aromatic carbocycles. The molecular weight excluding hydrogens is 307 g/mol. The monoisotopic (exact) mass is 322 g/mol. The van der Waals surface area contributed by atoms with Crippen molar-refractivity contribution in [1.82, 2.24) is 10.2 Å². The zero-order valence-electron chi connectivity index (χ0n) is 10.6. The molecule has 2 saturated heterocycles. The molecule has 3 nitrogen and oxygen atoms in total. The van der Waals surface area contributed by atoms with Crippen LogP contribution in [0.25, 0.3) is 0 Å². The van der Waals surface area contributed by atoms with E-state index in [9.17, 15) is 26.7 Å². The van der Waals surface area contributed by atoms with Crippen molar-refractivity contribution >= 4 is 18.3 Å². The van der Waals surface area contributed by atoms with Gasteiger partial charge in [-0.15, -0.1) is 12.4 Å². The summed E-state index contributed by atoms with van der Waals surface area (Å²) >= 11 is 0. The number of carbonyl (C=O) groups is 1. The van der Waals surface area contributed by atoms with Gasteiger partial charge < -0.3 is 4.90 Å². The van der Waals surface area contributed by atoms with Crippen LogP contribution >= 0.6 is 12.4 Å². The second kappa shape index (κ2) is 6.01. The van der Waals surface area contributed by atoms with E-state index < -0.39 is 49.5 Å². The Balaban J connectivity index is 0.00000200. The quantitative estimate of drug-likeness (QED) is 0.751. The van der Waals surface area contributed by atoms with Crippen LogP contribution in [0.5, 0.6) is 0 Å². The van der Waals surface area contributed by atoms with Gasteiger partial charge in [0, 0.05) is 19.5 Å². The maximum Gasteiger partial charge on any atom is 0.393 e. The van der Waals surface area contributed by atoms with Gasteiger partial charge in [-0.25, -0.2) is 8.78 Å². The van der Waals surface area contributed by atoms with Gasteiger partial charge in [0.1, 0.15) is 0 Å². The van der Waals surface area contributed by atoms with Gasteiger partial charge >= 0.3 is 6.18 Å². The van der Waals surface area contributed by atoms with Crippen molar-refractivity contribution in [3.8, 4) is 0 Å². The molecule has 20 heavy (non-hydrogen) atoms. The molecule has 0 aliphatic carbocycles. The summed E-state index contributed by atoms with van der Waals surface area (Å²) in [5.74, 6) is -5.15. The summed E-state index contributed by atoms with van der Waals surface area (Å²) in [6, 6.07) is -1.07. The average molecular weight is 323 g/mol. The van der Waals surface area contributed by atoms with Crippen molar-refractivity contribution < 1.29 is 26.7 Å². The van der Waals surface area contributed by atoms with E-state index >= 15 is 0 Å². The Morgan fingerprint density at radius 1 is 1.30 bits per heavy atom. The Bertz CT molecular complexity index is 363. The highest BCUT2D eigenvalue weighted by molar-refractivity contribution is 5.85.